The highest BCUT2D eigenvalue weighted by molar-refractivity contribution is 6.23. The third-order valence-electron chi connectivity index (χ3n) is 5.41. The minimum Gasteiger partial charge on any atom is -0.457 e. The lowest BCUT2D eigenvalue weighted by Gasteiger charge is -2.13. The van der Waals surface area contributed by atoms with Gasteiger partial charge in [0.25, 0.3) is 23.3 Å². The molecule has 5 rings (SSSR count). The number of carbonyl (C=O) groups is 3. The molecule has 3 amide bonds. The van der Waals surface area contributed by atoms with Crippen molar-refractivity contribution in [3.05, 3.63) is 112 Å². The number of nitrogens with zero attached hydrogens (tertiary/aromatic N) is 1. The molecule has 3 aromatic carbocycles. The molecule has 9 heteroatoms. The fraction of sp³-hybridized carbons (Fsp3) is 0. The summed E-state index contributed by atoms with van der Waals surface area (Å²) in [6, 6.07) is 23.5. The Morgan fingerprint density at radius 2 is 1.54 bits per heavy atom. The molecule has 2 heterocycles. The lowest BCUT2D eigenvalue weighted by molar-refractivity contribution is 0.0879. The number of aromatic nitrogens is 1. The first-order valence-electron chi connectivity index (χ1n) is 10.6. The zero-order chi connectivity index (χ0) is 24.5. The number of hydrogen-bond donors (Lipinski definition) is 3. The number of nitrogen functional groups attached to an aromatic ring is 1. The summed E-state index contributed by atoms with van der Waals surface area (Å²) in [4.78, 5) is 49.5. The molecule has 0 saturated heterocycles. The maximum absolute atomic E-state index is 12.9. The lowest BCUT2D eigenvalue weighted by atomic mass is 10.1. The average molecular weight is 466 g/mol. The Bertz CT molecular complexity index is 1540. The first kappa shape index (κ1) is 21.7. The van der Waals surface area contributed by atoms with Crippen LogP contribution in [0, 0.1) is 0 Å². The molecule has 172 valence electrons. The van der Waals surface area contributed by atoms with E-state index in [1.165, 1.54) is 6.07 Å². The summed E-state index contributed by atoms with van der Waals surface area (Å²) >= 11 is 0. The number of anilines is 2. The number of pyridine rings is 1. The van der Waals surface area contributed by atoms with Gasteiger partial charge in [0, 0.05) is 17.3 Å². The van der Waals surface area contributed by atoms with Gasteiger partial charge in [0.05, 0.1) is 16.8 Å². The number of nitrogens with two attached hydrogens (primary N) is 1. The maximum Gasteiger partial charge on any atom is 0.262 e. The van der Waals surface area contributed by atoms with Crippen molar-refractivity contribution in [2.75, 3.05) is 11.1 Å². The summed E-state index contributed by atoms with van der Waals surface area (Å²) in [6.45, 7) is 0. The van der Waals surface area contributed by atoms with Crippen molar-refractivity contribution in [1.82, 2.24) is 9.88 Å². The quantitative estimate of drug-likeness (QED) is 0.387. The van der Waals surface area contributed by atoms with Gasteiger partial charge in [0.15, 0.2) is 0 Å². The van der Waals surface area contributed by atoms with E-state index in [0.29, 0.717) is 17.2 Å². The van der Waals surface area contributed by atoms with E-state index in [4.69, 9.17) is 10.5 Å². The second-order valence-electron chi connectivity index (χ2n) is 7.72. The summed E-state index contributed by atoms with van der Waals surface area (Å²) in [5, 5.41) is 4.91. The zero-order valence-electron chi connectivity index (χ0n) is 18.1. The molecule has 1 aromatic heterocycles. The van der Waals surface area contributed by atoms with Crippen LogP contribution in [0.1, 0.15) is 31.1 Å². The Labute approximate surface area is 198 Å². The zero-order valence-corrected chi connectivity index (χ0v) is 18.1. The predicted octanol–water partition coefficient (Wildman–Crippen LogP) is 3.35. The first-order chi connectivity index (χ1) is 16.9. The standard InChI is InChI=1S/C26H18N4O5/c27-23-22-20(25(33)29-26(22)34)14-21(31)30(23)17-6-4-5-15(13-17)24(32)28-16-9-11-19(12-10-16)35-18-7-2-1-3-8-18/h1-14H,27H2,(H,28,32)(H,29,33,34). The van der Waals surface area contributed by atoms with E-state index >= 15 is 0 Å². The largest absolute Gasteiger partial charge is 0.457 e. The molecule has 35 heavy (non-hydrogen) atoms. The van der Waals surface area contributed by atoms with Crippen molar-refractivity contribution >= 4 is 29.2 Å². The highest BCUT2D eigenvalue weighted by Crippen LogP contribution is 2.25. The molecule has 1 aliphatic heterocycles. The van der Waals surface area contributed by atoms with Gasteiger partial charge in [-0.05, 0) is 54.6 Å². The predicted molar refractivity (Wildman–Crippen MR) is 129 cm³/mol. The van der Waals surface area contributed by atoms with Crippen molar-refractivity contribution in [1.29, 1.82) is 0 Å². The molecule has 4 aromatic rings. The van der Waals surface area contributed by atoms with Gasteiger partial charge in [-0.15, -0.1) is 0 Å². The summed E-state index contributed by atoms with van der Waals surface area (Å²) in [6.07, 6.45) is 0. The minimum absolute atomic E-state index is 0.0673. The van der Waals surface area contributed by atoms with Crippen LogP contribution in [-0.4, -0.2) is 22.3 Å². The van der Waals surface area contributed by atoms with Gasteiger partial charge in [-0.3, -0.25) is 29.1 Å². The molecule has 0 bridgehead atoms. The molecule has 0 spiro atoms. The van der Waals surface area contributed by atoms with Crippen molar-refractivity contribution in [2.45, 2.75) is 0 Å². The van der Waals surface area contributed by atoms with Gasteiger partial charge in [-0.1, -0.05) is 24.3 Å². The molecule has 0 atom stereocenters. The van der Waals surface area contributed by atoms with Crippen LogP contribution in [-0.2, 0) is 0 Å². The monoisotopic (exact) mass is 466 g/mol. The van der Waals surface area contributed by atoms with Gasteiger partial charge >= 0.3 is 0 Å². The van der Waals surface area contributed by atoms with Crippen LogP contribution < -0.4 is 26.7 Å². The van der Waals surface area contributed by atoms with Crippen LogP contribution in [0.5, 0.6) is 11.5 Å². The molecule has 4 N–H and O–H groups in total. The van der Waals surface area contributed by atoms with Gasteiger partial charge in [0.1, 0.15) is 17.3 Å². The molecular formula is C26H18N4O5. The minimum atomic E-state index is -0.676. The van der Waals surface area contributed by atoms with Gasteiger partial charge in [0.2, 0.25) is 0 Å². The van der Waals surface area contributed by atoms with E-state index in [0.717, 1.165) is 10.6 Å². The topological polar surface area (TPSA) is 133 Å². The molecule has 1 aliphatic rings. The van der Waals surface area contributed by atoms with Gasteiger partial charge in [-0.2, -0.15) is 0 Å². The highest BCUT2D eigenvalue weighted by Gasteiger charge is 2.31. The fourth-order valence-electron chi connectivity index (χ4n) is 3.77. The molecule has 0 fully saturated rings. The molecule has 9 nitrogen and oxygen atoms in total. The first-order valence-corrected chi connectivity index (χ1v) is 10.6. The van der Waals surface area contributed by atoms with Crippen LogP contribution in [0.3, 0.4) is 0 Å². The van der Waals surface area contributed by atoms with E-state index in [2.05, 4.69) is 10.6 Å². The van der Waals surface area contributed by atoms with Crippen molar-refractivity contribution in [2.24, 2.45) is 0 Å². The molecular weight excluding hydrogens is 448 g/mol. The van der Waals surface area contributed by atoms with Crippen LogP contribution in [0.25, 0.3) is 5.69 Å². The van der Waals surface area contributed by atoms with Crippen LogP contribution in [0.4, 0.5) is 11.5 Å². The third-order valence-corrected chi connectivity index (χ3v) is 5.41. The van der Waals surface area contributed by atoms with E-state index in [1.807, 2.05) is 30.3 Å². The van der Waals surface area contributed by atoms with E-state index in [-0.39, 0.29) is 28.2 Å². The van der Waals surface area contributed by atoms with E-state index < -0.39 is 23.3 Å². The molecule has 0 aliphatic carbocycles. The van der Waals surface area contributed by atoms with Crippen molar-refractivity contribution in [3.8, 4) is 17.2 Å². The van der Waals surface area contributed by atoms with Crippen LogP contribution in [0.2, 0.25) is 0 Å². The Hall–Kier alpha value is -5.18. The summed E-state index contributed by atoms with van der Waals surface area (Å²) < 4.78 is 6.84. The fourth-order valence-corrected chi connectivity index (χ4v) is 3.77. The second-order valence-corrected chi connectivity index (χ2v) is 7.72. The number of benzene rings is 3. The lowest BCUT2D eigenvalue weighted by Crippen LogP contribution is -2.24. The smallest absolute Gasteiger partial charge is 0.262 e. The summed E-state index contributed by atoms with van der Waals surface area (Å²) in [5.41, 5.74) is 6.43. The van der Waals surface area contributed by atoms with Crippen molar-refractivity contribution in [3.63, 3.8) is 0 Å². The Morgan fingerprint density at radius 1 is 0.829 bits per heavy atom. The van der Waals surface area contributed by atoms with Gasteiger partial charge in [-0.25, -0.2) is 0 Å². The Kier molecular flexibility index (Phi) is 5.34. The summed E-state index contributed by atoms with van der Waals surface area (Å²) in [5.74, 6) is -0.625. The number of rotatable bonds is 5. The van der Waals surface area contributed by atoms with Gasteiger partial charge < -0.3 is 15.8 Å². The summed E-state index contributed by atoms with van der Waals surface area (Å²) in [7, 11) is 0. The van der Waals surface area contributed by atoms with Crippen LogP contribution in [0.15, 0.2) is 89.7 Å². The number of amides is 3. The average Bonchev–Trinajstić information content (AvgIpc) is 3.14. The second kappa shape index (κ2) is 8.64. The number of fused-ring (bicyclic) bond motifs is 1. The number of nitrogens with one attached hydrogen (secondary N) is 2. The third kappa shape index (κ3) is 4.13. The number of imide groups is 1. The van der Waals surface area contributed by atoms with E-state index in [1.54, 1.807) is 42.5 Å². The number of ether oxygens (including phenoxy) is 1. The highest BCUT2D eigenvalue weighted by atomic mass is 16.5. The molecule has 0 radical (unpaired) electrons. The number of hydrogen-bond acceptors (Lipinski definition) is 6. The van der Waals surface area contributed by atoms with E-state index in [9.17, 15) is 19.2 Å². The number of carbonyl (C=O) groups excluding carboxylic acids is 3. The Balaban J connectivity index is 1.38. The normalized spacial score (nSPS) is 12.1. The SMILES string of the molecule is Nc1c2c(cc(=O)n1-c1cccc(C(=O)Nc3ccc(Oc4ccccc4)cc3)c1)C(=O)NC2=O. The van der Waals surface area contributed by atoms with Crippen LogP contribution >= 0.6 is 0 Å². The Morgan fingerprint density at radius 3 is 2.29 bits per heavy atom. The molecule has 0 saturated carbocycles. The molecule has 0 unspecified atom stereocenters. The maximum atomic E-state index is 12.9. The van der Waals surface area contributed by atoms with Crippen molar-refractivity contribution < 1.29 is 19.1 Å². The number of para-hydroxylation sites is 1.